The van der Waals surface area contributed by atoms with Crippen molar-refractivity contribution in [1.82, 2.24) is 0 Å². The van der Waals surface area contributed by atoms with E-state index in [0.717, 1.165) is 12.8 Å². The maximum absolute atomic E-state index is 10.6. The fraction of sp³-hybridized carbons (Fsp3) is 0.857. The van der Waals surface area contributed by atoms with E-state index in [4.69, 9.17) is 16.3 Å². The van der Waals surface area contributed by atoms with Crippen molar-refractivity contribution in [2.24, 2.45) is 0 Å². The largest absolute Gasteiger partial charge is 0.462 e. The Morgan fingerprint density at radius 3 is 2.30 bits per heavy atom. The predicted octanol–water partition coefficient (Wildman–Crippen LogP) is 1.96. The number of hydrogen-bond donors (Lipinski definition) is 0. The summed E-state index contributed by atoms with van der Waals surface area (Å²) >= 11 is 5.24. The van der Waals surface area contributed by atoms with E-state index in [-0.39, 0.29) is 18.0 Å². The molecule has 0 aliphatic heterocycles. The van der Waals surface area contributed by atoms with E-state index < -0.39 is 0 Å². The molecule has 0 heterocycles. The predicted molar refractivity (Wildman–Crippen MR) is 41.2 cm³/mol. The summed E-state index contributed by atoms with van der Waals surface area (Å²) in [5, 5.41) is 0. The van der Waals surface area contributed by atoms with Crippen LogP contribution in [0.15, 0.2) is 0 Å². The van der Waals surface area contributed by atoms with E-state index in [1.54, 1.807) is 0 Å². The van der Waals surface area contributed by atoms with Crippen LogP contribution in [0.2, 0.25) is 0 Å². The van der Waals surface area contributed by atoms with Gasteiger partial charge in [0.1, 0.15) is 12.0 Å². The van der Waals surface area contributed by atoms with E-state index in [9.17, 15) is 4.79 Å². The molecule has 0 fully saturated rings. The highest BCUT2D eigenvalue weighted by Gasteiger charge is 2.07. The van der Waals surface area contributed by atoms with Crippen molar-refractivity contribution >= 4 is 17.6 Å². The number of alkyl halides is 1. The summed E-state index contributed by atoms with van der Waals surface area (Å²) in [5.41, 5.74) is 0. The van der Waals surface area contributed by atoms with Gasteiger partial charge < -0.3 is 4.74 Å². The van der Waals surface area contributed by atoms with Crippen molar-refractivity contribution in [2.75, 3.05) is 5.88 Å². The first kappa shape index (κ1) is 9.76. The van der Waals surface area contributed by atoms with Crippen LogP contribution in [0.3, 0.4) is 0 Å². The number of carbonyl (C=O) groups is 1. The van der Waals surface area contributed by atoms with Gasteiger partial charge in [-0.15, -0.1) is 11.6 Å². The highest BCUT2D eigenvalue weighted by atomic mass is 35.5. The fourth-order valence-electron chi connectivity index (χ4n) is 0.673. The third-order valence-corrected chi connectivity index (χ3v) is 1.54. The molecule has 0 aromatic heterocycles. The van der Waals surface area contributed by atoms with Crippen LogP contribution in [0.25, 0.3) is 0 Å². The van der Waals surface area contributed by atoms with Crippen molar-refractivity contribution in [3.8, 4) is 0 Å². The smallest absolute Gasteiger partial charge is 0.321 e. The minimum absolute atomic E-state index is 0.0451. The highest BCUT2D eigenvalue weighted by Crippen LogP contribution is 2.02. The second kappa shape index (κ2) is 5.54. The topological polar surface area (TPSA) is 26.3 Å². The number of halogens is 1. The first-order valence-electron chi connectivity index (χ1n) is 3.50. The van der Waals surface area contributed by atoms with Gasteiger partial charge in [-0.05, 0) is 12.8 Å². The zero-order valence-corrected chi connectivity index (χ0v) is 7.15. The van der Waals surface area contributed by atoms with Gasteiger partial charge in [0.2, 0.25) is 0 Å². The van der Waals surface area contributed by atoms with Crippen molar-refractivity contribution in [3.05, 3.63) is 0 Å². The Bertz CT molecular complexity index is 99.8. The monoisotopic (exact) mass is 164 g/mol. The molecule has 0 spiro atoms. The number of esters is 1. The standard InChI is InChI=1S/C7H13ClO2/c1-3-6(4-2)10-7(9)5-8/h6H,3-5H2,1-2H3. The first-order valence-corrected chi connectivity index (χ1v) is 4.03. The van der Waals surface area contributed by atoms with Crippen LogP contribution in [0.5, 0.6) is 0 Å². The van der Waals surface area contributed by atoms with Crippen LogP contribution < -0.4 is 0 Å². The van der Waals surface area contributed by atoms with Crippen LogP contribution >= 0.6 is 11.6 Å². The van der Waals surface area contributed by atoms with Gasteiger partial charge in [0.05, 0.1) is 0 Å². The van der Waals surface area contributed by atoms with Crippen LogP contribution in [-0.2, 0) is 9.53 Å². The lowest BCUT2D eigenvalue weighted by molar-refractivity contribution is -0.146. The Balaban J connectivity index is 3.52. The van der Waals surface area contributed by atoms with E-state index in [0.29, 0.717) is 0 Å². The molecule has 10 heavy (non-hydrogen) atoms. The number of carbonyl (C=O) groups excluding carboxylic acids is 1. The molecule has 0 saturated heterocycles. The molecule has 0 aliphatic carbocycles. The zero-order valence-electron chi connectivity index (χ0n) is 6.39. The minimum atomic E-state index is -0.324. The lowest BCUT2D eigenvalue weighted by Gasteiger charge is -2.11. The molecule has 0 aromatic rings. The van der Waals surface area contributed by atoms with Crippen molar-refractivity contribution in [1.29, 1.82) is 0 Å². The van der Waals surface area contributed by atoms with Crippen LogP contribution in [0.4, 0.5) is 0 Å². The van der Waals surface area contributed by atoms with Gasteiger partial charge in [-0.3, -0.25) is 4.79 Å². The summed E-state index contributed by atoms with van der Waals surface area (Å²) in [6.07, 6.45) is 1.77. The van der Waals surface area contributed by atoms with Gasteiger partial charge in [-0.25, -0.2) is 0 Å². The maximum Gasteiger partial charge on any atom is 0.321 e. The molecule has 0 amide bonds. The van der Waals surface area contributed by atoms with Crippen LogP contribution in [-0.4, -0.2) is 18.0 Å². The summed E-state index contributed by atoms with van der Waals surface area (Å²) in [4.78, 5) is 10.6. The maximum atomic E-state index is 10.6. The third kappa shape index (κ3) is 3.72. The molecule has 0 saturated carbocycles. The molecular weight excluding hydrogens is 152 g/mol. The van der Waals surface area contributed by atoms with E-state index >= 15 is 0 Å². The molecule has 0 rings (SSSR count). The van der Waals surface area contributed by atoms with Gasteiger partial charge in [0.25, 0.3) is 0 Å². The van der Waals surface area contributed by atoms with Gasteiger partial charge in [0.15, 0.2) is 0 Å². The molecule has 60 valence electrons. The molecule has 2 nitrogen and oxygen atoms in total. The molecule has 0 atom stereocenters. The molecular formula is C7H13ClO2. The summed E-state index contributed by atoms with van der Waals surface area (Å²) in [6.45, 7) is 3.96. The molecule has 0 aliphatic rings. The number of hydrogen-bond acceptors (Lipinski definition) is 2. The number of ether oxygens (including phenoxy) is 1. The Kier molecular flexibility index (Phi) is 5.40. The highest BCUT2D eigenvalue weighted by molar-refractivity contribution is 6.26. The SMILES string of the molecule is CCC(CC)OC(=O)CCl. The van der Waals surface area contributed by atoms with Crippen molar-refractivity contribution in [3.63, 3.8) is 0 Å². The van der Waals surface area contributed by atoms with E-state index in [1.807, 2.05) is 13.8 Å². The van der Waals surface area contributed by atoms with Gasteiger partial charge in [-0.1, -0.05) is 13.8 Å². The summed E-state index contributed by atoms with van der Waals surface area (Å²) in [6, 6.07) is 0. The first-order chi connectivity index (χ1) is 4.74. The summed E-state index contributed by atoms with van der Waals surface area (Å²) in [5.74, 6) is -0.369. The van der Waals surface area contributed by atoms with Gasteiger partial charge in [0, 0.05) is 0 Å². The normalized spacial score (nSPS) is 10.0. The summed E-state index contributed by atoms with van der Waals surface area (Å²) in [7, 11) is 0. The summed E-state index contributed by atoms with van der Waals surface area (Å²) < 4.78 is 4.93. The Hall–Kier alpha value is -0.240. The molecule has 0 radical (unpaired) electrons. The van der Waals surface area contributed by atoms with Crippen molar-refractivity contribution < 1.29 is 9.53 Å². The van der Waals surface area contributed by atoms with Crippen molar-refractivity contribution in [2.45, 2.75) is 32.8 Å². The Labute approximate surface area is 66.5 Å². The lowest BCUT2D eigenvalue weighted by Crippen LogP contribution is -2.16. The molecule has 0 bridgehead atoms. The van der Waals surface area contributed by atoms with Gasteiger partial charge in [-0.2, -0.15) is 0 Å². The van der Waals surface area contributed by atoms with Gasteiger partial charge >= 0.3 is 5.97 Å². The molecule has 3 heteroatoms. The van der Waals surface area contributed by atoms with E-state index in [1.165, 1.54) is 0 Å². The van der Waals surface area contributed by atoms with Crippen LogP contribution in [0.1, 0.15) is 26.7 Å². The second-order valence-electron chi connectivity index (χ2n) is 2.06. The van der Waals surface area contributed by atoms with E-state index in [2.05, 4.69) is 0 Å². The quantitative estimate of drug-likeness (QED) is 0.469. The third-order valence-electron chi connectivity index (χ3n) is 1.32. The average Bonchev–Trinajstić information content (AvgIpc) is 1.99. The Morgan fingerprint density at radius 2 is 2.00 bits per heavy atom. The second-order valence-corrected chi connectivity index (χ2v) is 2.33. The molecule has 0 unspecified atom stereocenters. The minimum Gasteiger partial charge on any atom is -0.462 e. The lowest BCUT2D eigenvalue weighted by atomic mass is 10.2. The molecule has 0 N–H and O–H groups in total. The Morgan fingerprint density at radius 1 is 1.50 bits per heavy atom. The average molecular weight is 165 g/mol. The zero-order chi connectivity index (χ0) is 7.98. The fourth-order valence-corrected chi connectivity index (χ4v) is 0.736. The van der Waals surface area contributed by atoms with Crippen LogP contribution in [0, 0.1) is 0 Å². The number of rotatable bonds is 4. The molecule has 0 aromatic carbocycles.